The monoisotopic (exact) mass is 241 g/mol. The number of rotatable bonds is 1. The number of aryl methyl sites for hydroxylation is 3. The van der Waals surface area contributed by atoms with Crippen molar-refractivity contribution in [1.82, 2.24) is 9.78 Å². The Morgan fingerprint density at radius 1 is 1.22 bits per heavy atom. The first kappa shape index (κ1) is 10.9. The lowest BCUT2D eigenvalue weighted by Gasteiger charge is -1.97. The lowest BCUT2D eigenvalue weighted by Crippen LogP contribution is -1.96. The van der Waals surface area contributed by atoms with Crippen LogP contribution in [0.15, 0.2) is 28.7 Å². The van der Waals surface area contributed by atoms with Crippen molar-refractivity contribution in [3.63, 3.8) is 0 Å². The van der Waals surface area contributed by atoms with Crippen LogP contribution in [-0.2, 0) is 7.05 Å². The molecule has 4 nitrogen and oxygen atoms in total. The predicted octanol–water partition coefficient (Wildman–Crippen LogP) is 3.03. The summed E-state index contributed by atoms with van der Waals surface area (Å²) in [4.78, 5) is 0. The summed E-state index contributed by atoms with van der Waals surface area (Å²) in [5.74, 6) is 1.62. The van der Waals surface area contributed by atoms with Gasteiger partial charge in [-0.25, -0.2) is 0 Å². The number of nitrogens with two attached hydrogens (primary N) is 1. The quantitative estimate of drug-likeness (QED) is 0.712. The van der Waals surface area contributed by atoms with E-state index in [1.165, 1.54) is 5.56 Å². The van der Waals surface area contributed by atoms with Crippen LogP contribution in [0.3, 0.4) is 0 Å². The number of hydrogen-bond acceptors (Lipinski definition) is 3. The highest BCUT2D eigenvalue weighted by molar-refractivity contribution is 5.86. The largest absolute Gasteiger partial charge is 0.461 e. The molecule has 92 valence electrons. The van der Waals surface area contributed by atoms with E-state index in [-0.39, 0.29) is 0 Å². The van der Waals surface area contributed by atoms with Crippen LogP contribution < -0.4 is 5.73 Å². The third kappa shape index (κ3) is 1.49. The van der Waals surface area contributed by atoms with Gasteiger partial charge in [0, 0.05) is 24.1 Å². The van der Waals surface area contributed by atoms with Gasteiger partial charge in [0.25, 0.3) is 0 Å². The molecule has 0 atom stereocenters. The van der Waals surface area contributed by atoms with E-state index in [1.807, 2.05) is 32.2 Å². The van der Waals surface area contributed by atoms with Crippen molar-refractivity contribution in [2.75, 3.05) is 5.73 Å². The molecule has 2 N–H and O–H groups in total. The summed E-state index contributed by atoms with van der Waals surface area (Å²) < 4.78 is 7.34. The second-order valence-electron chi connectivity index (χ2n) is 4.57. The zero-order valence-corrected chi connectivity index (χ0v) is 10.7. The Morgan fingerprint density at radius 3 is 2.67 bits per heavy atom. The van der Waals surface area contributed by atoms with Crippen LogP contribution in [0.2, 0.25) is 0 Å². The first-order valence-corrected chi connectivity index (χ1v) is 5.86. The Hall–Kier alpha value is -2.23. The number of nitrogens with zero attached hydrogens (tertiary/aromatic N) is 2. The van der Waals surface area contributed by atoms with Gasteiger partial charge in [-0.2, -0.15) is 5.10 Å². The molecule has 4 heteroatoms. The van der Waals surface area contributed by atoms with Gasteiger partial charge >= 0.3 is 0 Å². The van der Waals surface area contributed by atoms with E-state index in [0.29, 0.717) is 5.82 Å². The third-order valence-corrected chi connectivity index (χ3v) is 3.39. The number of furan rings is 1. The molecule has 0 bridgehead atoms. The molecular weight excluding hydrogens is 226 g/mol. The Kier molecular flexibility index (Phi) is 2.20. The molecule has 0 fully saturated rings. The third-order valence-electron chi connectivity index (χ3n) is 3.39. The number of aromatic nitrogens is 2. The zero-order valence-electron chi connectivity index (χ0n) is 10.7. The summed E-state index contributed by atoms with van der Waals surface area (Å²) in [5, 5.41) is 5.52. The Balaban J connectivity index is 2.21. The molecule has 18 heavy (non-hydrogen) atoms. The van der Waals surface area contributed by atoms with Crippen LogP contribution >= 0.6 is 0 Å². The van der Waals surface area contributed by atoms with Gasteiger partial charge in [-0.3, -0.25) is 4.68 Å². The van der Waals surface area contributed by atoms with Gasteiger partial charge in [-0.1, -0.05) is 0 Å². The smallest absolute Gasteiger partial charge is 0.134 e. The van der Waals surface area contributed by atoms with Gasteiger partial charge in [0.05, 0.1) is 5.69 Å². The zero-order chi connectivity index (χ0) is 12.9. The van der Waals surface area contributed by atoms with Crippen molar-refractivity contribution in [3.8, 4) is 11.3 Å². The molecule has 2 aromatic heterocycles. The van der Waals surface area contributed by atoms with Gasteiger partial charge in [0.15, 0.2) is 0 Å². The van der Waals surface area contributed by atoms with Crippen molar-refractivity contribution in [1.29, 1.82) is 0 Å². The van der Waals surface area contributed by atoms with Gasteiger partial charge in [0.1, 0.15) is 17.2 Å². The number of fused-ring (bicyclic) bond motifs is 1. The minimum Gasteiger partial charge on any atom is -0.461 e. The SMILES string of the molecule is Cc1oc2ccc(-c3cc(N)n(C)n3)cc2c1C. The second kappa shape index (κ2) is 3.63. The molecule has 1 aromatic carbocycles. The molecule has 0 amide bonds. The minimum absolute atomic E-state index is 0.658. The first-order chi connectivity index (χ1) is 8.56. The molecule has 0 saturated carbocycles. The topological polar surface area (TPSA) is 57.0 Å². The summed E-state index contributed by atoms with van der Waals surface area (Å²) >= 11 is 0. The van der Waals surface area contributed by atoms with E-state index in [2.05, 4.69) is 18.1 Å². The maximum absolute atomic E-state index is 5.81. The second-order valence-corrected chi connectivity index (χ2v) is 4.57. The van der Waals surface area contributed by atoms with Crippen molar-refractivity contribution >= 4 is 16.8 Å². The van der Waals surface area contributed by atoms with Crippen molar-refractivity contribution in [2.24, 2.45) is 7.05 Å². The Morgan fingerprint density at radius 2 is 2.00 bits per heavy atom. The molecule has 3 rings (SSSR count). The van der Waals surface area contributed by atoms with Gasteiger partial charge < -0.3 is 10.2 Å². The lowest BCUT2D eigenvalue weighted by molar-refractivity contribution is 0.575. The van der Waals surface area contributed by atoms with Crippen LogP contribution in [0.5, 0.6) is 0 Å². The Labute approximate surface area is 105 Å². The average molecular weight is 241 g/mol. The summed E-state index contributed by atoms with van der Waals surface area (Å²) in [7, 11) is 1.84. The molecule has 0 aliphatic rings. The predicted molar refractivity (Wildman–Crippen MR) is 72.3 cm³/mol. The van der Waals surface area contributed by atoms with E-state index >= 15 is 0 Å². The van der Waals surface area contributed by atoms with Crippen molar-refractivity contribution in [2.45, 2.75) is 13.8 Å². The van der Waals surface area contributed by atoms with Crippen LogP contribution in [0.4, 0.5) is 5.82 Å². The van der Waals surface area contributed by atoms with E-state index < -0.39 is 0 Å². The fraction of sp³-hybridized carbons (Fsp3) is 0.214. The van der Waals surface area contributed by atoms with Gasteiger partial charge in [-0.05, 0) is 37.6 Å². The lowest BCUT2D eigenvalue weighted by atomic mass is 10.1. The molecule has 0 radical (unpaired) electrons. The molecule has 0 spiro atoms. The number of anilines is 1. The number of hydrogen-bond donors (Lipinski definition) is 1. The first-order valence-electron chi connectivity index (χ1n) is 5.86. The molecular formula is C14H15N3O. The van der Waals surface area contributed by atoms with Gasteiger partial charge in [0.2, 0.25) is 0 Å². The summed E-state index contributed by atoms with van der Waals surface area (Å²) in [5.41, 5.74) is 9.84. The van der Waals surface area contributed by atoms with Crippen LogP contribution in [0.25, 0.3) is 22.2 Å². The standard InChI is InChI=1S/C14H15N3O/c1-8-9(2)18-13-5-4-10(6-11(8)13)12-7-14(15)17(3)16-12/h4-7H,15H2,1-3H3. The van der Waals surface area contributed by atoms with Crippen LogP contribution in [0.1, 0.15) is 11.3 Å². The highest BCUT2D eigenvalue weighted by Crippen LogP contribution is 2.29. The number of benzene rings is 1. The maximum Gasteiger partial charge on any atom is 0.134 e. The minimum atomic E-state index is 0.658. The highest BCUT2D eigenvalue weighted by Gasteiger charge is 2.10. The fourth-order valence-corrected chi connectivity index (χ4v) is 2.13. The van der Waals surface area contributed by atoms with E-state index in [1.54, 1.807) is 4.68 Å². The summed E-state index contributed by atoms with van der Waals surface area (Å²) in [6.07, 6.45) is 0. The number of nitrogen functional groups attached to an aromatic ring is 1. The molecule has 3 aromatic rings. The fourth-order valence-electron chi connectivity index (χ4n) is 2.13. The summed E-state index contributed by atoms with van der Waals surface area (Å²) in [6.45, 7) is 4.05. The Bertz CT molecular complexity index is 717. The molecule has 0 aliphatic heterocycles. The average Bonchev–Trinajstić information content (AvgIpc) is 2.82. The van der Waals surface area contributed by atoms with Crippen molar-refractivity contribution < 1.29 is 4.42 Å². The molecule has 0 unspecified atom stereocenters. The normalized spacial score (nSPS) is 11.3. The van der Waals surface area contributed by atoms with Crippen molar-refractivity contribution in [3.05, 3.63) is 35.6 Å². The summed E-state index contributed by atoms with van der Waals surface area (Å²) in [6, 6.07) is 7.97. The molecule has 2 heterocycles. The molecule has 0 saturated heterocycles. The van der Waals surface area contributed by atoms with E-state index in [4.69, 9.17) is 10.2 Å². The van der Waals surface area contributed by atoms with E-state index in [9.17, 15) is 0 Å². The highest BCUT2D eigenvalue weighted by atomic mass is 16.3. The molecule has 0 aliphatic carbocycles. The van der Waals surface area contributed by atoms with E-state index in [0.717, 1.165) is 28.0 Å². The van der Waals surface area contributed by atoms with Crippen LogP contribution in [-0.4, -0.2) is 9.78 Å². The maximum atomic E-state index is 5.81. The van der Waals surface area contributed by atoms with Crippen LogP contribution in [0, 0.1) is 13.8 Å². The van der Waals surface area contributed by atoms with Gasteiger partial charge in [-0.15, -0.1) is 0 Å².